The van der Waals surface area contributed by atoms with Crippen LogP contribution in [0.2, 0.25) is 0 Å². The van der Waals surface area contributed by atoms with Gasteiger partial charge in [-0.05, 0) is 25.0 Å². The van der Waals surface area contributed by atoms with E-state index in [0.29, 0.717) is 49.8 Å². The van der Waals surface area contributed by atoms with E-state index in [1.807, 2.05) is 4.90 Å². The molecular formula is C19H25N3O5. The standard InChI is InChI=1S/C19H25N3O5/c23-18(20-14-3-4-15-17(12-14)27-13-26-15)5-6-21-7-9-22(10-8-21)19(24)16-2-1-11-25-16/h3-4,12,16H,1-2,5-11,13H2,(H,20,23). The van der Waals surface area contributed by atoms with Gasteiger partial charge in [-0.15, -0.1) is 0 Å². The number of hydrogen-bond donors (Lipinski definition) is 1. The highest BCUT2D eigenvalue weighted by atomic mass is 16.7. The molecule has 3 heterocycles. The van der Waals surface area contributed by atoms with Gasteiger partial charge in [0.25, 0.3) is 5.91 Å². The van der Waals surface area contributed by atoms with Gasteiger partial charge in [0.15, 0.2) is 11.5 Å². The van der Waals surface area contributed by atoms with Gasteiger partial charge in [-0.1, -0.05) is 0 Å². The molecule has 0 radical (unpaired) electrons. The summed E-state index contributed by atoms with van der Waals surface area (Å²) in [4.78, 5) is 28.7. The lowest BCUT2D eigenvalue weighted by Crippen LogP contribution is -2.51. The minimum Gasteiger partial charge on any atom is -0.454 e. The third kappa shape index (κ3) is 4.33. The van der Waals surface area contributed by atoms with E-state index in [1.54, 1.807) is 18.2 Å². The van der Waals surface area contributed by atoms with Crippen molar-refractivity contribution in [1.82, 2.24) is 9.80 Å². The van der Waals surface area contributed by atoms with E-state index in [9.17, 15) is 9.59 Å². The molecule has 2 amide bonds. The number of piperazine rings is 1. The van der Waals surface area contributed by atoms with Gasteiger partial charge in [0.05, 0.1) is 0 Å². The fourth-order valence-corrected chi connectivity index (χ4v) is 3.63. The number of amides is 2. The number of nitrogens with zero attached hydrogens (tertiary/aromatic N) is 2. The third-order valence-electron chi connectivity index (χ3n) is 5.20. The highest BCUT2D eigenvalue weighted by Gasteiger charge is 2.30. The lowest BCUT2D eigenvalue weighted by Gasteiger charge is -2.35. The minimum atomic E-state index is -0.246. The molecule has 27 heavy (non-hydrogen) atoms. The molecule has 8 nitrogen and oxygen atoms in total. The maximum absolute atomic E-state index is 12.4. The average Bonchev–Trinajstić information content (AvgIpc) is 3.37. The molecule has 8 heteroatoms. The van der Waals surface area contributed by atoms with Gasteiger partial charge in [-0.2, -0.15) is 0 Å². The molecule has 4 rings (SSSR count). The molecule has 2 saturated heterocycles. The number of hydrogen-bond acceptors (Lipinski definition) is 6. The average molecular weight is 375 g/mol. The molecule has 146 valence electrons. The van der Waals surface area contributed by atoms with Crippen LogP contribution in [0.1, 0.15) is 19.3 Å². The molecule has 0 aromatic heterocycles. The van der Waals surface area contributed by atoms with Gasteiger partial charge in [-0.25, -0.2) is 0 Å². The van der Waals surface area contributed by atoms with Gasteiger partial charge < -0.3 is 24.4 Å². The van der Waals surface area contributed by atoms with Crippen LogP contribution in [0.3, 0.4) is 0 Å². The molecule has 1 unspecified atom stereocenters. The number of nitrogens with one attached hydrogen (secondary N) is 1. The van der Waals surface area contributed by atoms with Crippen molar-refractivity contribution in [3.63, 3.8) is 0 Å². The first-order valence-electron chi connectivity index (χ1n) is 9.51. The molecule has 1 atom stereocenters. The van der Waals surface area contributed by atoms with Gasteiger partial charge in [-0.3, -0.25) is 14.5 Å². The lowest BCUT2D eigenvalue weighted by atomic mass is 10.2. The van der Waals surface area contributed by atoms with Gasteiger partial charge in [0.2, 0.25) is 12.7 Å². The molecule has 3 aliphatic rings. The van der Waals surface area contributed by atoms with Crippen LogP contribution < -0.4 is 14.8 Å². The number of carbonyl (C=O) groups is 2. The van der Waals surface area contributed by atoms with Crippen molar-refractivity contribution in [1.29, 1.82) is 0 Å². The predicted molar refractivity (Wildman–Crippen MR) is 97.8 cm³/mol. The van der Waals surface area contributed by atoms with E-state index in [-0.39, 0.29) is 24.7 Å². The fraction of sp³-hybridized carbons (Fsp3) is 0.579. The van der Waals surface area contributed by atoms with E-state index < -0.39 is 0 Å². The van der Waals surface area contributed by atoms with Crippen molar-refractivity contribution in [2.24, 2.45) is 0 Å². The number of anilines is 1. The van der Waals surface area contributed by atoms with E-state index in [1.165, 1.54) is 0 Å². The van der Waals surface area contributed by atoms with Crippen molar-refractivity contribution < 1.29 is 23.8 Å². The lowest BCUT2D eigenvalue weighted by molar-refractivity contribution is -0.142. The summed E-state index contributed by atoms with van der Waals surface area (Å²) in [5.74, 6) is 1.43. The summed E-state index contributed by atoms with van der Waals surface area (Å²) in [5.41, 5.74) is 0.705. The van der Waals surface area contributed by atoms with Crippen molar-refractivity contribution in [2.45, 2.75) is 25.4 Å². The van der Waals surface area contributed by atoms with Gasteiger partial charge >= 0.3 is 0 Å². The van der Waals surface area contributed by atoms with Crippen LogP contribution in [0.25, 0.3) is 0 Å². The normalized spacial score (nSPS) is 22.1. The Balaban J connectivity index is 1.18. The third-order valence-corrected chi connectivity index (χ3v) is 5.20. The maximum Gasteiger partial charge on any atom is 0.251 e. The monoisotopic (exact) mass is 375 g/mol. The van der Waals surface area contributed by atoms with Crippen molar-refractivity contribution in [3.8, 4) is 11.5 Å². The molecule has 0 saturated carbocycles. The number of carbonyl (C=O) groups excluding carboxylic acids is 2. The molecule has 0 bridgehead atoms. The summed E-state index contributed by atoms with van der Waals surface area (Å²) in [6.45, 7) is 4.55. The summed E-state index contributed by atoms with van der Waals surface area (Å²) in [6, 6.07) is 5.37. The SMILES string of the molecule is O=C(CCN1CCN(C(=O)C2CCCO2)CC1)Nc1ccc2c(c1)OCO2. The van der Waals surface area contributed by atoms with E-state index >= 15 is 0 Å². The van der Waals surface area contributed by atoms with Crippen LogP contribution in [0, 0.1) is 0 Å². The Labute approximate surface area is 158 Å². The number of fused-ring (bicyclic) bond motifs is 1. The summed E-state index contributed by atoms with van der Waals surface area (Å²) in [5, 5.41) is 2.89. The van der Waals surface area contributed by atoms with Crippen LogP contribution >= 0.6 is 0 Å². The zero-order valence-electron chi connectivity index (χ0n) is 15.3. The van der Waals surface area contributed by atoms with Crippen molar-refractivity contribution in [2.75, 3.05) is 51.4 Å². The second-order valence-corrected chi connectivity index (χ2v) is 7.03. The second-order valence-electron chi connectivity index (χ2n) is 7.03. The van der Waals surface area contributed by atoms with E-state index in [0.717, 1.165) is 25.9 Å². The maximum atomic E-state index is 12.4. The van der Waals surface area contributed by atoms with Crippen molar-refractivity contribution in [3.05, 3.63) is 18.2 Å². The highest BCUT2D eigenvalue weighted by Crippen LogP contribution is 2.34. The predicted octanol–water partition coefficient (Wildman–Crippen LogP) is 1.07. The largest absolute Gasteiger partial charge is 0.454 e. The Morgan fingerprint density at radius 3 is 2.70 bits per heavy atom. The minimum absolute atomic E-state index is 0.0354. The zero-order chi connectivity index (χ0) is 18.6. The van der Waals surface area contributed by atoms with E-state index in [2.05, 4.69) is 10.2 Å². The van der Waals surface area contributed by atoms with Gasteiger partial charge in [0.1, 0.15) is 6.10 Å². The smallest absolute Gasteiger partial charge is 0.251 e. The molecule has 3 aliphatic heterocycles. The molecule has 1 aromatic carbocycles. The molecule has 1 aromatic rings. The first-order valence-corrected chi connectivity index (χ1v) is 9.51. The van der Waals surface area contributed by atoms with Crippen molar-refractivity contribution >= 4 is 17.5 Å². The quantitative estimate of drug-likeness (QED) is 0.829. The Hall–Kier alpha value is -2.32. The summed E-state index contributed by atoms with van der Waals surface area (Å²) in [7, 11) is 0. The Bertz CT molecular complexity index is 697. The van der Waals surface area contributed by atoms with Crippen LogP contribution in [0.4, 0.5) is 5.69 Å². The topological polar surface area (TPSA) is 80.3 Å². The Kier molecular flexibility index (Phi) is 5.45. The molecule has 0 aliphatic carbocycles. The summed E-state index contributed by atoms with van der Waals surface area (Å²) in [6.07, 6.45) is 1.96. The first kappa shape index (κ1) is 18.1. The first-order chi connectivity index (χ1) is 13.2. The molecule has 2 fully saturated rings. The molecular weight excluding hydrogens is 350 g/mol. The fourth-order valence-electron chi connectivity index (χ4n) is 3.63. The Morgan fingerprint density at radius 2 is 1.93 bits per heavy atom. The molecule has 1 N–H and O–H groups in total. The van der Waals surface area contributed by atoms with E-state index in [4.69, 9.17) is 14.2 Å². The summed E-state index contributed by atoms with van der Waals surface area (Å²) < 4.78 is 16.1. The highest BCUT2D eigenvalue weighted by molar-refractivity contribution is 5.91. The zero-order valence-corrected chi connectivity index (χ0v) is 15.3. The Morgan fingerprint density at radius 1 is 1.11 bits per heavy atom. The summed E-state index contributed by atoms with van der Waals surface area (Å²) >= 11 is 0. The van der Waals surface area contributed by atoms with Crippen LogP contribution in [-0.2, 0) is 14.3 Å². The van der Waals surface area contributed by atoms with Crippen LogP contribution in [0.5, 0.6) is 11.5 Å². The van der Waals surface area contributed by atoms with Crippen LogP contribution in [0.15, 0.2) is 18.2 Å². The van der Waals surface area contributed by atoms with Gasteiger partial charge in [0, 0.05) is 57.5 Å². The number of rotatable bonds is 5. The molecule has 0 spiro atoms. The number of ether oxygens (including phenoxy) is 3. The second kappa shape index (κ2) is 8.14. The number of benzene rings is 1. The van der Waals surface area contributed by atoms with Crippen LogP contribution in [-0.4, -0.2) is 73.8 Å².